The number of nitrogens with two attached hydrogens (primary N) is 1. The second-order valence-electron chi connectivity index (χ2n) is 6.13. The molecule has 0 spiro atoms. The van der Waals surface area contributed by atoms with Crippen LogP contribution >= 0.6 is 0 Å². The molecule has 0 saturated carbocycles. The molecule has 0 saturated heterocycles. The average molecular weight is 355 g/mol. The number of carbonyl (C=O) groups is 1. The van der Waals surface area contributed by atoms with Gasteiger partial charge < -0.3 is 20.7 Å². The van der Waals surface area contributed by atoms with Gasteiger partial charge in [0.1, 0.15) is 18.4 Å². The summed E-state index contributed by atoms with van der Waals surface area (Å²) in [6.45, 7) is 8.39. The molecule has 2 rings (SSSR count). The van der Waals surface area contributed by atoms with Crippen molar-refractivity contribution in [3.63, 3.8) is 0 Å². The van der Waals surface area contributed by atoms with Gasteiger partial charge in [0, 0.05) is 13.1 Å². The van der Waals surface area contributed by atoms with Gasteiger partial charge in [-0.3, -0.25) is 4.79 Å². The molecule has 0 heterocycles. The van der Waals surface area contributed by atoms with Gasteiger partial charge in [-0.05, 0) is 36.3 Å². The van der Waals surface area contributed by atoms with Gasteiger partial charge >= 0.3 is 0 Å². The number of hydrogen-bond acceptors (Lipinski definition) is 4. The highest BCUT2D eigenvalue weighted by atomic mass is 16.5. The minimum Gasteiger partial charge on any atom is -0.492 e. The molecule has 26 heavy (non-hydrogen) atoms. The van der Waals surface area contributed by atoms with E-state index in [2.05, 4.69) is 24.1 Å². The Morgan fingerprint density at radius 1 is 1.08 bits per heavy atom. The fourth-order valence-electron chi connectivity index (χ4n) is 2.65. The van der Waals surface area contributed by atoms with Crippen LogP contribution in [0.2, 0.25) is 0 Å². The van der Waals surface area contributed by atoms with Crippen molar-refractivity contribution in [1.82, 2.24) is 10.2 Å². The summed E-state index contributed by atoms with van der Waals surface area (Å²) in [4.78, 5) is 14.5. The SMILES string of the molecule is CCN(CC)CCOc1ccc(CNC(=O)C(N)c2ccccc2)cc1. The smallest absolute Gasteiger partial charge is 0.241 e. The Morgan fingerprint density at radius 3 is 2.35 bits per heavy atom. The van der Waals surface area contributed by atoms with Crippen LogP contribution < -0.4 is 15.8 Å². The van der Waals surface area contributed by atoms with Gasteiger partial charge in [-0.1, -0.05) is 56.3 Å². The zero-order chi connectivity index (χ0) is 18.8. The molecule has 5 heteroatoms. The minimum absolute atomic E-state index is 0.184. The summed E-state index contributed by atoms with van der Waals surface area (Å²) in [5.74, 6) is 0.656. The topological polar surface area (TPSA) is 67.6 Å². The van der Waals surface area contributed by atoms with Crippen LogP contribution in [0.5, 0.6) is 5.75 Å². The Kier molecular flexibility index (Phi) is 8.12. The van der Waals surface area contributed by atoms with Crippen LogP contribution in [0.25, 0.3) is 0 Å². The fourth-order valence-corrected chi connectivity index (χ4v) is 2.65. The maximum atomic E-state index is 12.2. The summed E-state index contributed by atoms with van der Waals surface area (Å²) in [6.07, 6.45) is 0. The lowest BCUT2D eigenvalue weighted by Crippen LogP contribution is -2.33. The summed E-state index contributed by atoms with van der Waals surface area (Å²) >= 11 is 0. The van der Waals surface area contributed by atoms with Gasteiger partial charge in [-0.15, -0.1) is 0 Å². The Bertz CT molecular complexity index is 655. The number of benzene rings is 2. The molecule has 1 atom stereocenters. The standard InChI is InChI=1S/C21H29N3O2/c1-3-24(4-2)14-15-26-19-12-10-17(11-13-19)16-23-21(25)20(22)18-8-6-5-7-9-18/h5-13,20H,3-4,14-16,22H2,1-2H3,(H,23,25). The van der Waals surface area contributed by atoms with Crippen molar-refractivity contribution in [2.75, 3.05) is 26.2 Å². The minimum atomic E-state index is -0.654. The van der Waals surface area contributed by atoms with Crippen LogP contribution in [0.4, 0.5) is 0 Å². The van der Waals surface area contributed by atoms with Crippen LogP contribution in [-0.4, -0.2) is 37.0 Å². The van der Waals surface area contributed by atoms with Crippen molar-refractivity contribution in [3.05, 3.63) is 65.7 Å². The van der Waals surface area contributed by atoms with Crippen LogP contribution in [-0.2, 0) is 11.3 Å². The molecular weight excluding hydrogens is 326 g/mol. The van der Waals surface area contributed by atoms with Gasteiger partial charge in [0.25, 0.3) is 0 Å². The number of amides is 1. The predicted molar refractivity (Wildman–Crippen MR) is 105 cm³/mol. The van der Waals surface area contributed by atoms with Crippen molar-refractivity contribution in [2.45, 2.75) is 26.4 Å². The maximum Gasteiger partial charge on any atom is 0.241 e. The van der Waals surface area contributed by atoms with E-state index in [1.165, 1.54) is 0 Å². The van der Waals surface area contributed by atoms with Crippen LogP contribution in [0, 0.1) is 0 Å². The van der Waals surface area contributed by atoms with E-state index in [0.29, 0.717) is 13.2 Å². The van der Waals surface area contributed by atoms with E-state index in [1.807, 2.05) is 54.6 Å². The monoisotopic (exact) mass is 355 g/mol. The van der Waals surface area contributed by atoms with Gasteiger partial charge in [0.15, 0.2) is 0 Å². The lowest BCUT2D eigenvalue weighted by Gasteiger charge is -2.18. The van der Waals surface area contributed by atoms with Crippen molar-refractivity contribution >= 4 is 5.91 Å². The molecular formula is C21H29N3O2. The quantitative estimate of drug-likeness (QED) is 0.688. The summed E-state index contributed by atoms with van der Waals surface area (Å²) < 4.78 is 5.77. The molecule has 0 aliphatic rings. The molecule has 0 radical (unpaired) electrons. The van der Waals surface area contributed by atoms with Crippen molar-refractivity contribution < 1.29 is 9.53 Å². The zero-order valence-corrected chi connectivity index (χ0v) is 15.7. The highest BCUT2D eigenvalue weighted by Crippen LogP contribution is 2.13. The Balaban J connectivity index is 1.77. The fraction of sp³-hybridized carbons (Fsp3) is 0.381. The number of nitrogens with one attached hydrogen (secondary N) is 1. The first kappa shape index (κ1) is 19.9. The first-order valence-corrected chi connectivity index (χ1v) is 9.16. The molecule has 0 aliphatic heterocycles. The molecule has 5 nitrogen and oxygen atoms in total. The molecule has 1 amide bonds. The Hall–Kier alpha value is -2.37. The molecule has 1 unspecified atom stereocenters. The molecule has 0 aromatic heterocycles. The number of hydrogen-bond donors (Lipinski definition) is 2. The number of nitrogens with zero attached hydrogens (tertiary/aromatic N) is 1. The zero-order valence-electron chi connectivity index (χ0n) is 15.7. The highest BCUT2D eigenvalue weighted by Gasteiger charge is 2.14. The van der Waals surface area contributed by atoms with Crippen LogP contribution in [0.1, 0.15) is 31.0 Å². The van der Waals surface area contributed by atoms with Crippen LogP contribution in [0.3, 0.4) is 0 Å². The molecule has 0 bridgehead atoms. The summed E-state index contributed by atoms with van der Waals surface area (Å²) in [5.41, 5.74) is 7.81. The molecule has 2 aromatic carbocycles. The van der Waals surface area contributed by atoms with Crippen LogP contribution in [0.15, 0.2) is 54.6 Å². The average Bonchev–Trinajstić information content (AvgIpc) is 2.70. The third kappa shape index (κ3) is 6.17. The lowest BCUT2D eigenvalue weighted by atomic mass is 10.1. The second-order valence-corrected chi connectivity index (χ2v) is 6.13. The van der Waals surface area contributed by atoms with Crippen molar-refractivity contribution in [2.24, 2.45) is 5.73 Å². The Morgan fingerprint density at radius 2 is 1.73 bits per heavy atom. The van der Waals surface area contributed by atoms with E-state index in [9.17, 15) is 4.79 Å². The Labute approximate surface area is 156 Å². The molecule has 2 aromatic rings. The number of ether oxygens (including phenoxy) is 1. The van der Waals surface area contributed by atoms with E-state index < -0.39 is 6.04 Å². The molecule has 0 aliphatic carbocycles. The normalized spacial score (nSPS) is 12.0. The third-order valence-corrected chi connectivity index (χ3v) is 4.40. The summed E-state index contributed by atoms with van der Waals surface area (Å²) in [5, 5.41) is 2.88. The van der Waals surface area contributed by atoms with E-state index in [0.717, 1.165) is 36.5 Å². The summed E-state index contributed by atoms with van der Waals surface area (Å²) in [7, 11) is 0. The van der Waals surface area contributed by atoms with E-state index in [-0.39, 0.29) is 5.91 Å². The highest BCUT2D eigenvalue weighted by molar-refractivity contribution is 5.82. The maximum absolute atomic E-state index is 12.2. The first-order valence-electron chi connectivity index (χ1n) is 9.16. The van der Waals surface area contributed by atoms with Gasteiger partial charge in [-0.25, -0.2) is 0 Å². The van der Waals surface area contributed by atoms with Gasteiger partial charge in [0.2, 0.25) is 5.91 Å². The van der Waals surface area contributed by atoms with Crippen molar-refractivity contribution in [3.8, 4) is 5.75 Å². The van der Waals surface area contributed by atoms with E-state index in [4.69, 9.17) is 10.5 Å². The van der Waals surface area contributed by atoms with E-state index >= 15 is 0 Å². The first-order chi connectivity index (χ1) is 12.6. The molecule has 140 valence electrons. The largest absolute Gasteiger partial charge is 0.492 e. The number of carbonyl (C=O) groups excluding carboxylic acids is 1. The number of likely N-dealkylation sites (N-methyl/N-ethyl adjacent to an activating group) is 1. The van der Waals surface area contributed by atoms with E-state index in [1.54, 1.807) is 0 Å². The van der Waals surface area contributed by atoms with Gasteiger partial charge in [-0.2, -0.15) is 0 Å². The summed E-state index contributed by atoms with van der Waals surface area (Å²) in [6, 6.07) is 16.5. The van der Waals surface area contributed by atoms with Crippen molar-refractivity contribution in [1.29, 1.82) is 0 Å². The predicted octanol–water partition coefficient (Wildman–Crippen LogP) is 2.72. The number of rotatable bonds is 10. The second kappa shape index (κ2) is 10.6. The molecule has 0 fully saturated rings. The van der Waals surface area contributed by atoms with Gasteiger partial charge in [0.05, 0.1) is 0 Å². The lowest BCUT2D eigenvalue weighted by molar-refractivity contribution is -0.122. The third-order valence-electron chi connectivity index (χ3n) is 4.40. The molecule has 3 N–H and O–H groups in total.